The number of rotatable bonds is 4. The lowest BCUT2D eigenvalue weighted by Gasteiger charge is -2.11. The molecule has 0 aliphatic heterocycles. The zero-order valence-electron chi connectivity index (χ0n) is 9.07. The maximum Gasteiger partial charge on any atom is 0.166 e. The topological polar surface area (TPSA) is 44.3 Å². The highest BCUT2D eigenvalue weighted by atomic mass is 35.5. The standard InChI is InChI=1S/C10H10ClF3N2OS/c11-8-7(13)3-6(12)5(9(8)14)4-16-10(18)15-1-2-17/h3,17H,1-2,4H2,(H2,15,16,18). The molecular formula is C10H10ClF3N2OS. The van der Waals surface area contributed by atoms with E-state index in [0.717, 1.165) is 0 Å². The van der Waals surface area contributed by atoms with Crippen molar-refractivity contribution in [1.82, 2.24) is 10.6 Å². The van der Waals surface area contributed by atoms with E-state index in [1.165, 1.54) is 0 Å². The summed E-state index contributed by atoms with van der Waals surface area (Å²) < 4.78 is 39.7. The Morgan fingerprint density at radius 3 is 2.56 bits per heavy atom. The van der Waals surface area contributed by atoms with Gasteiger partial charge in [-0.25, -0.2) is 13.2 Å². The first kappa shape index (κ1) is 15.0. The molecule has 0 heterocycles. The van der Waals surface area contributed by atoms with Gasteiger partial charge in [-0.05, 0) is 12.2 Å². The summed E-state index contributed by atoms with van der Waals surface area (Å²) >= 11 is 10.1. The van der Waals surface area contributed by atoms with Crippen LogP contribution < -0.4 is 10.6 Å². The van der Waals surface area contributed by atoms with E-state index in [-0.39, 0.29) is 24.8 Å². The first-order valence-corrected chi connectivity index (χ1v) is 5.70. The molecule has 0 saturated heterocycles. The number of thiocarbonyl (C=S) groups is 1. The summed E-state index contributed by atoms with van der Waals surface area (Å²) in [7, 11) is 0. The Hall–Kier alpha value is -1.05. The Labute approximate surface area is 112 Å². The number of hydrogen-bond acceptors (Lipinski definition) is 2. The van der Waals surface area contributed by atoms with E-state index in [2.05, 4.69) is 10.6 Å². The molecule has 8 heteroatoms. The van der Waals surface area contributed by atoms with Crippen molar-refractivity contribution >= 4 is 28.9 Å². The number of benzene rings is 1. The molecule has 0 aromatic heterocycles. The molecule has 100 valence electrons. The molecule has 0 aliphatic carbocycles. The normalized spacial score (nSPS) is 10.3. The zero-order valence-corrected chi connectivity index (χ0v) is 10.6. The number of aliphatic hydroxyl groups excluding tert-OH is 1. The third-order valence-corrected chi connectivity index (χ3v) is 2.67. The van der Waals surface area contributed by atoms with Gasteiger partial charge in [0.2, 0.25) is 0 Å². The van der Waals surface area contributed by atoms with Crippen LogP contribution >= 0.6 is 23.8 Å². The molecule has 18 heavy (non-hydrogen) atoms. The van der Waals surface area contributed by atoms with Crippen LogP contribution in [-0.4, -0.2) is 23.4 Å². The van der Waals surface area contributed by atoms with Crippen LogP contribution in [0.5, 0.6) is 0 Å². The predicted octanol–water partition coefficient (Wildman–Crippen LogP) is 1.71. The monoisotopic (exact) mass is 298 g/mol. The zero-order chi connectivity index (χ0) is 13.7. The van der Waals surface area contributed by atoms with Gasteiger partial charge in [0, 0.05) is 24.7 Å². The lowest BCUT2D eigenvalue weighted by Crippen LogP contribution is -2.36. The van der Waals surface area contributed by atoms with Crippen molar-refractivity contribution < 1.29 is 18.3 Å². The molecule has 0 amide bonds. The van der Waals surface area contributed by atoms with Crippen molar-refractivity contribution in [1.29, 1.82) is 0 Å². The summed E-state index contributed by atoms with van der Waals surface area (Å²) in [6.45, 7) is -0.206. The highest BCUT2D eigenvalue weighted by molar-refractivity contribution is 7.80. The van der Waals surface area contributed by atoms with Gasteiger partial charge in [0.05, 0.1) is 6.61 Å². The van der Waals surface area contributed by atoms with E-state index in [0.29, 0.717) is 6.07 Å². The maximum absolute atomic E-state index is 13.5. The van der Waals surface area contributed by atoms with Gasteiger partial charge in [-0.2, -0.15) is 0 Å². The minimum Gasteiger partial charge on any atom is -0.395 e. The summed E-state index contributed by atoms with van der Waals surface area (Å²) in [5.74, 6) is -3.37. The fourth-order valence-corrected chi connectivity index (χ4v) is 1.51. The van der Waals surface area contributed by atoms with E-state index < -0.39 is 28.0 Å². The van der Waals surface area contributed by atoms with Gasteiger partial charge in [-0.3, -0.25) is 0 Å². The van der Waals surface area contributed by atoms with Crippen molar-refractivity contribution in [2.45, 2.75) is 6.54 Å². The van der Waals surface area contributed by atoms with Crippen molar-refractivity contribution in [2.75, 3.05) is 13.2 Å². The molecule has 1 aromatic rings. The molecular weight excluding hydrogens is 289 g/mol. The Morgan fingerprint density at radius 2 is 1.94 bits per heavy atom. The molecule has 0 bridgehead atoms. The SMILES string of the molecule is OCCNC(=S)NCc1c(F)cc(F)c(Cl)c1F. The van der Waals surface area contributed by atoms with Gasteiger partial charge in [0.25, 0.3) is 0 Å². The molecule has 0 atom stereocenters. The second-order valence-corrected chi connectivity index (χ2v) is 4.07. The van der Waals surface area contributed by atoms with Crippen molar-refractivity contribution in [3.63, 3.8) is 0 Å². The Morgan fingerprint density at radius 1 is 1.28 bits per heavy atom. The van der Waals surface area contributed by atoms with E-state index in [1.54, 1.807) is 0 Å². The summed E-state index contributed by atoms with van der Waals surface area (Å²) in [6.07, 6.45) is 0. The van der Waals surface area contributed by atoms with Gasteiger partial charge >= 0.3 is 0 Å². The maximum atomic E-state index is 13.5. The summed E-state index contributed by atoms with van der Waals surface area (Å²) in [6, 6.07) is 0.507. The van der Waals surface area contributed by atoms with Crippen LogP contribution in [0.15, 0.2) is 6.07 Å². The smallest absolute Gasteiger partial charge is 0.166 e. The molecule has 1 aromatic carbocycles. The van der Waals surface area contributed by atoms with Crippen LogP contribution in [0, 0.1) is 17.5 Å². The fourth-order valence-electron chi connectivity index (χ4n) is 1.17. The van der Waals surface area contributed by atoms with Crippen LogP contribution in [0.2, 0.25) is 5.02 Å². The van der Waals surface area contributed by atoms with Crippen molar-refractivity contribution in [2.24, 2.45) is 0 Å². The molecule has 0 unspecified atom stereocenters. The minimum absolute atomic E-state index is 0.114. The minimum atomic E-state index is -1.16. The van der Waals surface area contributed by atoms with Gasteiger partial charge in [-0.1, -0.05) is 11.6 Å². The number of hydrogen-bond donors (Lipinski definition) is 3. The Bertz CT molecular complexity index is 459. The summed E-state index contributed by atoms with van der Waals surface area (Å²) in [5.41, 5.74) is -0.408. The fraction of sp³-hybridized carbons (Fsp3) is 0.300. The molecule has 3 nitrogen and oxygen atoms in total. The highest BCUT2D eigenvalue weighted by Crippen LogP contribution is 2.24. The van der Waals surface area contributed by atoms with Gasteiger partial charge < -0.3 is 15.7 Å². The van der Waals surface area contributed by atoms with Crippen molar-refractivity contribution in [3.8, 4) is 0 Å². The predicted molar refractivity (Wildman–Crippen MR) is 65.9 cm³/mol. The average Bonchev–Trinajstić information content (AvgIpc) is 2.33. The number of halogens is 4. The molecule has 0 aliphatic rings. The first-order chi connectivity index (χ1) is 8.47. The number of nitrogens with one attached hydrogen (secondary N) is 2. The lowest BCUT2D eigenvalue weighted by molar-refractivity contribution is 0.300. The van der Waals surface area contributed by atoms with Gasteiger partial charge in [-0.15, -0.1) is 0 Å². The van der Waals surface area contributed by atoms with E-state index in [1.807, 2.05) is 0 Å². The molecule has 0 spiro atoms. The highest BCUT2D eigenvalue weighted by Gasteiger charge is 2.17. The van der Waals surface area contributed by atoms with E-state index in [9.17, 15) is 13.2 Å². The second-order valence-electron chi connectivity index (χ2n) is 3.28. The average molecular weight is 299 g/mol. The molecule has 0 saturated carbocycles. The third-order valence-electron chi connectivity index (χ3n) is 2.03. The van der Waals surface area contributed by atoms with Crippen molar-refractivity contribution in [3.05, 3.63) is 34.1 Å². The first-order valence-electron chi connectivity index (χ1n) is 4.91. The van der Waals surface area contributed by atoms with Crippen LogP contribution in [0.4, 0.5) is 13.2 Å². The van der Waals surface area contributed by atoms with Gasteiger partial charge in [0.15, 0.2) is 10.9 Å². The second kappa shape index (κ2) is 6.77. The van der Waals surface area contributed by atoms with Gasteiger partial charge in [0.1, 0.15) is 16.7 Å². The summed E-state index contributed by atoms with van der Waals surface area (Å²) in [5, 5.41) is 13.0. The van der Waals surface area contributed by atoms with Crippen LogP contribution in [0.25, 0.3) is 0 Å². The molecule has 3 N–H and O–H groups in total. The molecule has 0 radical (unpaired) electrons. The Balaban J connectivity index is 2.74. The lowest BCUT2D eigenvalue weighted by atomic mass is 10.2. The molecule has 1 rings (SSSR count). The largest absolute Gasteiger partial charge is 0.395 e. The van der Waals surface area contributed by atoms with E-state index in [4.69, 9.17) is 28.9 Å². The van der Waals surface area contributed by atoms with Crippen LogP contribution in [0.3, 0.4) is 0 Å². The van der Waals surface area contributed by atoms with E-state index >= 15 is 0 Å². The molecule has 0 fully saturated rings. The van der Waals surface area contributed by atoms with Crippen LogP contribution in [0.1, 0.15) is 5.56 Å². The van der Waals surface area contributed by atoms with Crippen LogP contribution in [-0.2, 0) is 6.54 Å². The Kier molecular flexibility index (Phi) is 5.64. The summed E-state index contributed by atoms with van der Waals surface area (Å²) in [4.78, 5) is 0. The number of aliphatic hydroxyl groups is 1. The quantitative estimate of drug-likeness (QED) is 0.450. The third kappa shape index (κ3) is 3.72.